The molecule has 1 aliphatic heterocycles. The molecule has 150 valence electrons. The van der Waals surface area contributed by atoms with Gasteiger partial charge in [0.15, 0.2) is 5.96 Å². The zero-order valence-corrected chi connectivity index (χ0v) is 17.1. The Hall–Kier alpha value is -1.30. The van der Waals surface area contributed by atoms with E-state index in [2.05, 4.69) is 27.4 Å². The first-order chi connectivity index (χ1) is 12.6. The van der Waals surface area contributed by atoms with E-state index in [0.717, 1.165) is 51.1 Å². The van der Waals surface area contributed by atoms with Crippen LogP contribution in [0.3, 0.4) is 0 Å². The molecule has 0 bridgehead atoms. The molecule has 0 aromatic rings. The second-order valence-corrected chi connectivity index (χ2v) is 7.97. The van der Waals surface area contributed by atoms with Gasteiger partial charge in [0.25, 0.3) is 0 Å². The van der Waals surface area contributed by atoms with Gasteiger partial charge in [-0.15, -0.1) is 0 Å². The molecule has 2 rings (SSSR count). The number of amides is 1. The minimum atomic E-state index is 0.189. The Kier molecular flexibility index (Phi) is 9.23. The van der Waals surface area contributed by atoms with Gasteiger partial charge in [0, 0.05) is 59.3 Å². The minimum Gasteiger partial charge on any atom is -0.355 e. The first-order valence-electron chi connectivity index (χ1n) is 10.5. The number of guanidine groups is 1. The normalized spacial score (nSPS) is 21.5. The summed E-state index contributed by atoms with van der Waals surface area (Å²) in [5.74, 6) is 2.04. The number of hydrogen-bond donors (Lipinski definition) is 2. The lowest BCUT2D eigenvalue weighted by molar-refractivity contribution is -0.130. The molecule has 2 aliphatic rings. The van der Waals surface area contributed by atoms with Crippen molar-refractivity contribution in [3.63, 3.8) is 0 Å². The van der Waals surface area contributed by atoms with Gasteiger partial charge in [-0.05, 0) is 25.7 Å². The van der Waals surface area contributed by atoms with Crippen LogP contribution in [0.4, 0.5) is 0 Å². The van der Waals surface area contributed by atoms with E-state index in [1.165, 1.54) is 44.9 Å². The van der Waals surface area contributed by atoms with Crippen molar-refractivity contribution in [2.75, 3.05) is 46.3 Å². The fourth-order valence-electron chi connectivity index (χ4n) is 4.08. The first-order valence-corrected chi connectivity index (χ1v) is 10.5. The third-order valence-corrected chi connectivity index (χ3v) is 5.88. The van der Waals surface area contributed by atoms with Crippen molar-refractivity contribution >= 4 is 11.9 Å². The summed E-state index contributed by atoms with van der Waals surface area (Å²) in [6.07, 6.45) is 9.70. The molecule has 0 aromatic heterocycles. The van der Waals surface area contributed by atoms with Gasteiger partial charge in [0.2, 0.25) is 5.91 Å². The lowest BCUT2D eigenvalue weighted by atomic mass is 9.85. The number of piperazine rings is 1. The molecule has 6 heteroatoms. The number of nitrogens with zero attached hydrogens (tertiary/aromatic N) is 3. The average molecular weight is 366 g/mol. The molecular weight excluding hydrogens is 326 g/mol. The number of carbonyl (C=O) groups excluding carboxylic acids is 1. The Bertz CT molecular complexity index is 439. The summed E-state index contributed by atoms with van der Waals surface area (Å²) in [4.78, 5) is 20.1. The Morgan fingerprint density at radius 3 is 2.46 bits per heavy atom. The van der Waals surface area contributed by atoms with Crippen LogP contribution >= 0.6 is 0 Å². The topological polar surface area (TPSA) is 60.0 Å². The van der Waals surface area contributed by atoms with Gasteiger partial charge in [-0.2, -0.15) is 0 Å². The van der Waals surface area contributed by atoms with Crippen LogP contribution < -0.4 is 10.6 Å². The average Bonchev–Trinajstić information content (AvgIpc) is 2.66. The Morgan fingerprint density at radius 1 is 1.15 bits per heavy atom. The van der Waals surface area contributed by atoms with Crippen molar-refractivity contribution < 1.29 is 4.79 Å². The molecule has 1 saturated carbocycles. The number of aliphatic imine (C=N–C) groups is 1. The van der Waals surface area contributed by atoms with Gasteiger partial charge < -0.3 is 15.5 Å². The number of nitrogens with one attached hydrogen (secondary N) is 2. The van der Waals surface area contributed by atoms with Crippen LogP contribution in [-0.4, -0.2) is 74.0 Å². The summed E-state index contributed by atoms with van der Waals surface area (Å²) in [5.41, 5.74) is 0. The van der Waals surface area contributed by atoms with Crippen molar-refractivity contribution in [1.29, 1.82) is 0 Å². The minimum absolute atomic E-state index is 0.189. The van der Waals surface area contributed by atoms with Crippen molar-refractivity contribution in [3.8, 4) is 0 Å². The van der Waals surface area contributed by atoms with Gasteiger partial charge >= 0.3 is 0 Å². The molecule has 0 aromatic carbocycles. The number of hydrogen-bond acceptors (Lipinski definition) is 3. The van der Waals surface area contributed by atoms with E-state index in [1.807, 2.05) is 11.9 Å². The fourth-order valence-corrected chi connectivity index (χ4v) is 4.08. The van der Waals surface area contributed by atoms with E-state index >= 15 is 0 Å². The Labute approximate surface area is 159 Å². The van der Waals surface area contributed by atoms with Crippen LogP contribution in [0.15, 0.2) is 4.99 Å². The molecule has 1 atom stereocenters. The molecule has 0 spiro atoms. The second kappa shape index (κ2) is 11.4. The van der Waals surface area contributed by atoms with Crippen molar-refractivity contribution in [2.24, 2.45) is 10.9 Å². The third kappa shape index (κ3) is 7.52. The molecule has 26 heavy (non-hydrogen) atoms. The summed E-state index contributed by atoms with van der Waals surface area (Å²) in [6.45, 7) is 9.41. The fraction of sp³-hybridized carbons (Fsp3) is 0.900. The molecular formula is C20H39N5O. The molecule has 6 nitrogen and oxygen atoms in total. The Morgan fingerprint density at radius 2 is 1.85 bits per heavy atom. The van der Waals surface area contributed by atoms with Crippen LogP contribution in [0.25, 0.3) is 0 Å². The van der Waals surface area contributed by atoms with E-state index in [-0.39, 0.29) is 5.91 Å². The van der Waals surface area contributed by atoms with Crippen LogP contribution in [-0.2, 0) is 4.79 Å². The van der Waals surface area contributed by atoms with Crippen molar-refractivity contribution in [1.82, 2.24) is 20.4 Å². The maximum Gasteiger partial charge on any atom is 0.219 e. The predicted octanol–water partition coefficient (Wildman–Crippen LogP) is 2.06. The smallest absolute Gasteiger partial charge is 0.219 e. The number of rotatable bonds is 7. The lowest BCUT2D eigenvalue weighted by Gasteiger charge is -2.34. The summed E-state index contributed by atoms with van der Waals surface area (Å²) < 4.78 is 0. The summed E-state index contributed by atoms with van der Waals surface area (Å²) in [5, 5.41) is 6.97. The van der Waals surface area contributed by atoms with Gasteiger partial charge in [-0.1, -0.05) is 32.1 Å². The quantitative estimate of drug-likeness (QED) is 0.536. The van der Waals surface area contributed by atoms with Crippen LogP contribution in [0.2, 0.25) is 0 Å². The molecule has 1 aliphatic carbocycles. The maximum absolute atomic E-state index is 11.4. The van der Waals surface area contributed by atoms with Crippen molar-refractivity contribution in [2.45, 2.75) is 64.8 Å². The standard InChI is InChI=1S/C20H39N5O/c1-17(9-10-19-7-5-4-6-8-19)23-20(21-3)22-11-12-24-13-15-25(16-14-24)18(2)26/h17,19H,4-16H2,1-3H3,(H2,21,22,23). The van der Waals surface area contributed by atoms with E-state index in [0.29, 0.717) is 6.04 Å². The summed E-state index contributed by atoms with van der Waals surface area (Å²) in [6, 6.07) is 0.460. The molecule has 0 radical (unpaired) electrons. The highest BCUT2D eigenvalue weighted by molar-refractivity contribution is 5.79. The van der Waals surface area contributed by atoms with Gasteiger partial charge in [-0.3, -0.25) is 14.7 Å². The Balaban J connectivity index is 1.57. The van der Waals surface area contributed by atoms with Gasteiger partial charge in [0.1, 0.15) is 0 Å². The van der Waals surface area contributed by atoms with E-state index in [1.54, 1.807) is 6.92 Å². The molecule has 1 amide bonds. The van der Waals surface area contributed by atoms with Crippen molar-refractivity contribution in [3.05, 3.63) is 0 Å². The zero-order chi connectivity index (χ0) is 18.8. The molecule has 2 N–H and O–H groups in total. The molecule has 1 heterocycles. The van der Waals surface area contributed by atoms with Crippen LogP contribution in [0.5, 0.6) is 0 Å². The van der Waals surface area contributed by atoms with Crippen LogP contribution in [0, 0.1) is 5.92 Å². The summed E-state index contributed by atoms with van der Waals surface area (Å²) >= 11 is 0. The monoisotopic (exact) mass is 365 g/mol. The van der Waals surface area contributed by atoms with E-state index in [4.69, 9.17) is 0 Å². The molecule has 1 saturated heterocycles. The number of carbonyl (C=O) groups is 1. The highest BCUT2D eigenvalue weighted by atomic mass is 16.2. The maximum atomic E-state index is 11.4. The van der Waals surface area contributed by atoms with Crippen LogP contribution in [0.1, 0.15) is 58.8 Å². The van der Waals surface area contributed by atoms with Gasteiger partial charge in [0.05, 0.1) is 0 Å². The summed E-state index contributed by atoms with van der Waals surface area (Å²) in [7, 11) is 1.84. The lowest BCUT2D eigenvalue weighted by Crippen LogP contribution is -2.50. The highest BCUT2D eigenvalue weighted by Crippen LogP contribution is 2.27. The van der Waals surface area contributed by atoms with Gasteiger partial charge in [-0.25, -0.2) is 0 Å². The molecule has 1 unspecified atom stereocenters. The van der Waals surface area contributed by atoms with E-state index in [9.17, 15) is 4.79 Å². The predicted molar refractivity (Wildman–Crippen MR) is 108 cm³/mol. The first kappa shape index (κ1) is 21.0. The second-order valence-electron chi connectivity index (χ2n) is 7.97. The van der Waals surface area contributed by atoms with E-state index < -0.39 is 0 Å². The molecule has 2 fully saturated rings. The largest absolute Gasteiger partial charge is 0.355 e. The zero-order valence-electron chi connectivity index (χ0n) is 17.1. The third-order valence-electron chi connectivity index (χ3n) is 5.88. The SMILES string of the molecule is CN=C(NCCN1CCN(C(C)=O)CC1)NC(C)CCC1CCCCC1. The highest BCUT2D eigenvalue weighted by Gasteiger charge is 2.18.